The molecule has 316 valence electrons. The molecule has 62 heavy (non-hydrogen) atoms. The van der Waals surface area contributed by atoms with Crippen molar-refractivity contribution in [2.24, 2.45) is 5.10 Å². The molecule has 8 rings (SSSR count). The van der Waals surface area contributed by atoms with E-state index < -0.39 is 20.2 Å². The fourth-order valence-corrected chi connectivity index (χ4v) is 7.64. The Bertz CT molecular complexity index is 2980. The lowest BCUT2D eigenvalue weighted by molar-refractivity contribution is -0.114. The lowest BCUT2D eigenvalue weighted by Crippen LogP contribution is -2.27. The van der Waals surface area contributed by atoms with Crippen LogP contribution in [0.1, 0.15) is 36.6 Å². The topological polar surface area (TPSA) is 178 Å². The maximum absolute atomic E-state index is 13.2. The Morgan fingerprint density at radius 1 is 0.645 bits per heavy atom. The number of carbonyl (C=O) groups is 1. The van der Waals surface area contributed by atoms with E-state index >= 15 is 0 Å². The summed E-state index contributed by atoms with van der Waals surface area (Å²) in [5, 5.41) is 11.6. The number of anilines is 1. The van der Waals surface area contributed by atoms with E-state index in [9.17, 15) is 30.7 Å². The summed E-state index contributed by atoms with van der Waals surface area (Å²) in [5.74, 6) is 1.04. The summed E-state index contributed by atoms with van der Waals surface area (Å²) in [6, 6.07) is 38.1. The maximum atomic E-state index is 13.2. The molecule has 2 atom stereocenters. The molecule has 6 aromatic rings. The monoisotopic (exact) mass is 870 g/mol. The van der Waals surface area contributed by atoms with Crippen molar-refractivity contribution in [2.45, 2.75) is 48.7 Å². The van der Waals surface area contributed by atoms with Crippen LogP contribution in [0.15, 0.2) is 166 Å². The first-order valence-corrected chi connectivity index (χ1v) is 22.3. The van der Waals surface area contributed by atoms with Crippen LogP contribution >= 0.6 is 0 Å². The molecular formula is C47H42N4O9S2. The van der Waals surface area contributed by atoms with Gasteiger partial charge in [0, 0.05) is 5.22 Å². The van der Waals surface area contributed by atoms with Gasteiger partial charge < -0.3 is 9.47 Å². The van der Waals surface area contributed by atoms with Crippen molar-refractivity contribution in [3.8, 4) is 17.2 Å². The standard InChI is InChI=1S/C41H36N4O9S2.C6H6/c1-26-39(28(3)44(42-26)31-8-20-37(21-9-31)55(47,48)49)24-29-4-12-33(13-5-29)53-35-16-18-36(19-17-35)54-34-14-6-30(7-15-34)25-40-27(2)43-45(41(40)46)32-10-22-38(23-11-32)56(50,51)52;1-2-4-6-5-3-1/h4-16,18,20-25,35-36H,3,17,19H2,1-2H3,(H,47,48,49)(H,50,51,52);1-6H/b39-24+,40-25?;. The average Bonchev–Trinajstić information content (AvgIpc) is 3.71. The Kier molecular flexibility index (Phi) is 12.8. The zero-order valence-corrected chi connectivity index (χ0v) is 35.3. The third kappa shape index (κ3) is 10.5. The fourth-order valence-electron chi connectivity index (χ4n) is 6.68. The summed E-state index contributed by atoms with van der Waals surface area (Å²) in [6.45, 7) is 7.77. The van der Waals surface area contributed by atoms with Crippen LogP contribution in [0.3, 0.4) is 0 Å². The van der Waals surface area contributed by atoms with Crippen molar-refractivity contribution in [1.29, 1.82) is 0 Å². The minimum atomic E-state index is -4.35. The van der Waals surface area contributed by atoms with E-state index in [4.69, 9.17) is 9.47 Å². The number of aryl methyl sites for hydroxylation is 1. The van der Waals surface area contributed by atoms with E-state index in [0.29, 0.717) is 33.8 Å². The summed E-state index contributed by atoms with van der Waals surface area (Å²) in [7, 11) is -8.65. The molecule has 15 heteroatoms. The number of ether oxygens (including phenoxy) is 2. The molecule has 0 bridgehead atoms. The first kappa shape index (κ1) is 43.2. The van der Waals surface area contributed by atoms with E-state index in [1.54, 1.807) is 29.8 Å². The normalized spacial score (nSPS) is 17.4. The number of amides is 1. The summed E-state index contributed by atoms with van der Waals surface area (Å²) in [4.78, 5) is 12.7. The number of carbonyl (C=O) groups excluding carboxylic acids is 1. The predicted octanol–water partition coefficient (Wildman–Crippen LogP) is 6.95. The molecule has 0 fully saturated rings. The number of rotatable bonds is 10. The van der Waals surface area contributed by atoms with Gasteiger partial charge in [-0.15, -0.1) is 0 Å². The molecule has 0 spiro atoms. The van der Waals surface area contributed by atoms with Gasteiger partial charge in [-0.25, -0.2) is 4.68 Å². The second-order valence-corrected chi connectivity index (χ2v) is 17.2. The van der Waals surface area contributed by atoms with Crippen molar-refractivity contribution in [3.05, 3.63) is 179 Å². The molecule has 5 aromatic carbocycles. The zero-order valence-electron chi connectivity index (χ0n) is 33.6. The van der Waals surface area contributed by atoms with Gasteiger partial charge >= 0.3 is 0 Å². The fraction of sp³-hybridized carbons (Fsp3) is 0.128. The van der Waals surface area contributed by atoms with Crippen LogP contribution in [0.4, 0.5) is 5.69 Å². The number of aromatic nitrogens is 2. The highest BCUT2D eigenvalue weighted by molar-refractivity contribution is 7.86. The Morgan fingerprint density at radius 3 is 1.52 bits per heavy atom. The van der Waals surface area contributed by atoms with Crippen LogP contribution in [-0.2, 0) is 25.0 Å². The van der Waals surface area contributed by atoms with Crippen molar-refractivity contribution in [1.82, 2.24) is 9.78 Å². The van der Waals surface area contributed by atoms with Crippen molar-refractivity contribution in [2.75, 3.05) is 5.01 Å². The molecule has 1 aliphatic heterocycles. The van der Waals surface area contributed by atoms with Crippen LogP contribution in [0.2, 0.25) is 0 Å². The van der Waals surface area contributed by atoms with Crippen molar-refractivity contribution >= 4 is 56.3 Å². The Morgan fingerprint density at radius 2 is 1.08 bits per heavy atom. The SMILES string of the molecule is C=c1/c(=C/c2ccc(OC3C=CC(Oc4ccc(C=C5C(=O)N(c6ccc(S(=O)(=O)O)cc6)N=C5C)cc4)CC3)cc2)c(C)nn1-c1ccc(S(=O)(=O)O)cc1.c1ccccc1. The zero-order chi connectivity index (χ0) is 44.0. The van der Waals surface area contributed by atoms with E-state index in [-0.39, 0.29) is 27.9 Å². The highest BCUT2D eigenvalue weighted by Crippen LogP contribution is 2.28. The van der Waals surface area contributed by atoms with Crippen molar-refractivity contribution in [3.63, 3.8) is 0 Å². The largest absolute Gasteiger partial charge is 0.486 e. The average molecular weight is 871 g/mol. The molecule has 2 unspecified atom stereocenters. The minimum Gasteiger partial charge on any atom is -0.486 e. The third-order valence-electron chi connectivity index (χ3n) is 9.93. The van der Waals surface area contributed by atoms with Crippen LogP contribution in [0.25, 0.3) is 24.4 Å². The maximum Gasteiger partial charge on any atom is 0.294 e. The summed E-state index contributed by atoms with van der Waals surface area (Å²) >= 11 is 0. The van der Waals surface area contributed by atoms with Gasteiger partial charge in [-0.3, -0.25) is 13.9 Å². The number of hydrogen-bond acceptors (Lipinski definition) is 9. The summed E-state index contributed by atoms with van der Waals surface area (Å²) < 4.78 is 78.1. The van der Waals surface area contributed by atoms with E-state index in [2.05, 4.69) is 16.8 Å². The molecule has 0 saturated heterocycles. The van der Waals surface area contributed by atoms with Crippen LogP contribution < -0.4 is 25.1 Å². The highest BCUT2D eigenvalue weighted by Gasteiger charge is 2.29. The second-order valence-electron chi connectivity index (χ2n) is 14.4. The Hall–Kier alpha value is -6.91. The summed E-state index contributed by atoms with van der Waals surface area (Å²) in [5.41, 5.74) is 4.33. The minimum absolute atomic E-state index is 0.119. The number of benzene rings is 5. The van der Waals surface area contributed by atoms with Crippen LogP contribution in [-0.4, -0.2) is 59.5 Å². The van der Waals surface area contributed by atoms with E-state index in [0.717, 1.165) is 40.6 Å². The number of nitrogens with zero attached hydrogens (tertiary/aromatic N) is 4. The van der Waals surface area contributed by atoms with Gasteiger partial charge in [-0.1, -0.05) is 67.2 Å². The molecule has 2 N–H and O–H groups in total. The lowest BCUT2D eigenvalue weighted by atomic mass is 10.0. The van der Waals surface area contributed by atoms with Crippen molar-refractivity contribution < 1.29 is 40.2 Å². The van der Waals surface area contributed by atoms with Gasteiger partial charge in [0.05, 0.1) is 43.5 Å². The number of hydrazone groups is 1. The molecule has 13 nitrogen and oxygen atoms in total. The van der Waals surface area contributed by atoms with Gasteiger partial charge in [0.15, 0.2) is 0 Å². The second kappa shape index (κ2) is 18.4. The van der Waals surface area contributed by atoms with Crippen LogP contribution in [0.5, 0.6) is 11.5 Å². The molecule has 0 radical (unpaired) electrons. The first-order chi connectivity index (χ1) is 29.6. The molecular weight excluding hydrogens is 829 g/mol. The van der Waals surface area contributed by atoms with Gasteiger partial charge in [-0.05, 0) is 135 Å². The smallest absolute Gasteiger partial charge is 0.294 e. The van der Waals surface area contributed by atoms with E-state index in [1.165, 1.54) is 41.4 Å². The highest BCUT2D eigenvalue weighted by atomic mass is 32.2. The van der Waals surface area contributed by atoms with Gasteiger partial charge in [-0.2, -0.15) is 32.0 Å². The van der Waals surface area contributed by atoms with Gasteiger partial charge in [0.2, 0.25) is 0 Å². The Balaban J connectivity index is 0.000000887. The van der Waals surface area contributed by atoms with Gasteiger partial charge in [0.1, 0.15) is 23.7 Å². The van der Waals surface area contributed by atoms with Gasteiger partial charge in [0.25, 0.3) is 26.1 Å². The van der Waals surface area contributed by atoms with E-state index in [1.807, 2.05) is 110 Å². The molecule has 1 aliphatic carbocycles. The molecule has 2 heterocycles. The third-order valence-corrected chi connectivity index (χ3v) is 11.7. The number of hydrogen-bond donors (Lipinski definition) is 2. The molecule has 2 aliphatic rings. The molecule has 0 saturated carbocycles. The lowest BCUT2D eigenvalue weighted by Gasteiger charge is -2.24. The summed E-state index contributed by atoms with van der Waals surface area (Å²) in [6.07, 6.45) is 8.95. The van der Waals surface area contributed by atoms with Crippen LogP contribution in [0, 0.1) is 6.92 Å². The quantitative estimate of drug-likeness (QED) is 0.0832. The predicted molar refractivity (Wildman–Crippen MR) is 238 cm³/mol. The Labute approximate surface area is 359 Å². The molecule has 1 aromatic heterocycles. The first-order valence-electron chi connectivity index (χ1n) is 19.4. The molecule has 1 amide bonds.